The summed E-state index contributed by atoms with van der Waals surface area (Å²) in [4.78, 5) is 23.6. The van der Waals surface area contributed by atoms with Gasteiger partial charge < -0.3 is 10.1 Å². The molecule has 0 unspecified atom stereocenters. The third-order valence-corrected chi connectivity index (χ3v) is 3.85. The highest BCUT2D eigenvalue weighted by molar-refractivity contribution is 6.33. The van der Waals surface area contributed by atoms with Crippen LogP contribution in [0.25, 0.3) is 0 Å². The Balaban J connectivity index is 1.92. The van der Waals surface area contributed by atoms with E-state index in [0.717, 1.165) is 24.6 Å². The molecule has 0 aromatic heterocycles. The number of anilines is 1. The summed E-state index contributed by atoms with van der Waals surface area (Å²) in [5.74, 6) is -1.54. The lowest BCUT2D eigenvalue weighted by Crippen LogP contribution is -2.25. The van der Waals surface area contributed by atoms with Crippen LogP contribution in [0.4, 0.5) is 18.9 Å². The molecule has 130 valence electrons. The van der Waals surface area contributed by atoms with Crippen molar-refractivity contribution in [2.24, 2.45) is 5.92 Å². The lowest BCUT2D eigenvalue weighted by molar-refractivity contribution is -0.151. The van der Waals surface area contributed by atoms with E-state index >= 15 is 0 Å². The number of nitrogens with one attached hydrogen (secondary N) is 1. The average Bonchev–Trinajstić information content (AvgIpc) is 2.54. The van der Waals surface area contributed by atoms with Crippen LogP contribution in [-0.4, -0.2) is 18.5 Å². The summed E-state index contributed by atoms with van der Waals surface area (Å²) in [5.41, 5.74) is -1.12. The van der Waals surface area contributed by atoms with E-state index in [-0.39, 0.29) is 16.6 Å². The summed E-state index contributed by atoms with van der Waals surface area (Å²) in [6, 6.07) is 2.59. The van der Waals surface area contributed by atoms with Gasteiger partial charge in [-0.1, -0.05) is 23.8 Å². The van der Waals surface area contributed by atoms with E-state index < -0.39 is 30.2 Å². The maximum absolute atomic E-state index is 12.7. The fraction of sp³-hybridized carbons (Fsp3) is 0.375. The Morgan fingerprint density at radius 3 is 2.67 bits per heavy atom. The number of alkyl halides is 3. The molecule has 0 fully saturated rings. The number of carbonyl (C=O) groups is 2. The molecule has 1 atom stereocenters. The minimum atomic E-state index is -4.55. The number of hydrogen-bond acceptors (Lipinski definition) is 3. The molecule has 1 aromatic rings. The van der Waals surface area contributed by atoms with Gasteiger partial charge in [-0.2, -0.15) is 13.2 Å². The van der Waals surface area contributed by atoms with Gasteiger partial charge in [-0.25, -0.2) is 0 Å². The highest BCUT2D eigenvalue weighted by Crippen LogP contribution is 2.33. The average molecular weight is 362 g/mol. The van der Waals surface area contributed by atoms with E-state index in [1.54, 1.807) is 0 Å². The Kier molecular flexibility index (Phi) is 5.88. The first-order valence-corrected chi connectivity index (χ1v) is 7.63. The Labute approximate surface area is 141 Å². The second-order valence-corrected chi connectivity index (χ2v) is 5.74. The first-order chi connectivity index (χ1) is 11.3. The SMILES string of the molecule is O=C(COC(=O)[C@H]1CC=CCC1)Nc1cc(C(F)(F)F)ccc1Cl. The highest BCUT2D eigenvalue weighted by Gasteiger charge is 2.31. The molecule has 8 heteroatoms. The Bertz CT molecular complexity index is 658. The van der Waals surface area contributed by atoms with Crippen LogP contribution < -0.4 is 5.32 Å². The number of benzene rings is 1. The molecule has 4 nitrogen and oxygen atoms in total. The molecule has 0 radical (unpaired) electrons. The van der Waals surface area contributed by atoms with Gasteiger partial charge in [-0.05, 0) is 37.5 Å². The molecular weight excluding hydrogens is 347 g/mol. The quantitative estimate of drug-likeness (QED) is 0.646. The zero-order valence-corrected chi connectivity index (χ0v) is 13.3. The number of amides is 1. The maximum Gasteiger partial charge on any atom is 0.416 e. The summed E-state index contributed by atoms with van der Waals surface area (Å²) in [7, 11) is 0. The van der Waals surface area contributed by atoms with E-state index in [1.807, 2.05) is 12.2 Å². The second-order valence-electron chi connectivity index (χ2n) is 5.33. The van der Waals surface area contributed by atoms with Gasteiger partial charge in [-0.15, -0.1) is 0 Å². The molecule has 0 bridgehead atoms. The van der Waals surface area contributed by atoms with Gasteiger partial charge in [0.25, 0.3) is 5.91 Å². The van der Waals surface area contributed by atoms with Crippen LogP contribution in [0.15, 0.2) is 30.4 Å². The zero-order chi connectivity index (χ0) is 17.7. The molecule has 1 N–H and O–H groups in total. The number of esters is 1. The van der Waals surface area contributed by atoms with Gasteiger partial charge >= 0.3 is 12.1 Å². The van der Waals surface area contributed by atoms with Gasteiger partial charge in [0.15, 0.2) is 6.61 Å². The smallest absolute Gasteiger partial charge is 0.416 e. The van der Waals surface area contributed by atoms with Gasteiger partial charge in [0.05, 0.1) is 22.2 Å². The van der Waals surface area contributed by atoms with Crippen molar-refractivity contribution in [3.63, 3.8) is 0 Å². The predicted molar refractivity (Wildman–Crippen MR) is 82.5 cm³/mol. The molecule has 0 saturated carbocycles. The Hall–Kier alpha value is -2.02. The predicted octanol–water partition coefficient (Wildman–Crippen LogP) is 4.20. The van der Waals surface area contributed by atoms with E-state index in [1.165, 1.54) is 0 Å². The van der Waals surface area contributed by atoms with Crippen molar-refractivity contribution in [3.05, 3.63) is 40.9 Å². The standard InChI is InChI=1S/C16H15ClF3NO3/c17-12-7-6-11(16(18,19)20)8-13(12)21-14(22)9-24-15(23)10-4-2-1-3-5-10/h1-2,6-8,10H,3-5,9H2,(H,21,22)/t10-/m0/s1. The molecule has 0 spiro atoms. The third kappa shape index (κ3) is 4.99. The molecule has 1 aliphatic rings. The molecule has 1 amide bonds. The maximum atomic E-state index is 12.7. The Morgan fingerprint density at radius 1 is 1.29 bits per heavy atom. The largest absolute Gasteiger partial charge is 0.455 e. The van der Waals surface area contributed by atoms with E-state index in [9.17, 15) is 22.8 Å². The highest BCUT2D eigenvalue weighted by atomic mass is 35.5. The molecule has 1 aliphatic carbocycles. The summed E-state index contributed by atoms with van der Waals surface area (Å²) in [6.07, 6.45) is 1.26. The lowest BCUT2D eigenvalue weighted by atomic mass is 9.95. The van der Waals surface area contributed by atoms with Crippen molar-refractivity contribution in [3.8, 4) is 0 Å². The number of halogens is 4. The monoisotopic (exact) mass is 361 g/mol. The topological polar surface area (TPSA) is 55.4 Å². The molecule has 0 aliphatic heterocycles. The number of allylic oxidation sites excluding steroid dienone is 2. The molecule has 0 saturated heterocycles. The first kappa shape index (κ1) is 18.3. The minimum absolute atomic E-state index is 0.0416. The van der Waals surface area contributed by atoms with Crippen LogP contribution in [0.3, 0.4) is 0 Å². The minimum Gasteiger partial charge on any atom is -0.455 e. The van der Waals surface area contributed by atoms with Crippen LogP contribution in [0.5, 0.6) is 0 Å². The molecular formula is C16H15ClF3NO3. The second kappa shape index (κ2) is 7.70. The molecule has 2 rings (SSSR count). The molecule has 1 aromatic carbocycles. The van der Waals surface area contributed by atoms with E-state index in [0.29, 0.717) is 12.8 Å². The number of rotatable bonds is 4. The van der Waals surface area contributed by atoms with Gasteiger partial charge in [0, 0.05) is 0 Å². The van der Waals surface area contributed by atoms with Crippen molar-refractivity contribution in [2.45, 2.75) is 25.4 Å². The summed E-state index contributed by atoms with van der Waals surface area (Å²) in [5, 5.41) is 2.18. The third-order valence-electron chi connectivity index (χ3n) is 3.52. The summed E-state index contributed by atoms with van der Waals surface area (Å²) < 4.78 is 42.9. The van der Waals surface area contributed by atoms with Crippen molar-refractivity contribution in [1.29, 1.82) is 0 Å². The van der Waals surface area contributed by atoms with Crippen molar-refractivity contribution < 1.29 is 27.5 Å². The van der Waals surface area contributed by atoms with Crippen LogP contribution in [0.2, 0.25) is 5.02 Å². The van der Waals surface area contributed by atoms with Crippen molar-refractivity contribution >= 4 is 29.2 Å². The molecule has 24 heavy (non-hydrogen) atoms. The summed E-state index contributed by atoms with van der Waals surface area (Å²) >= 11 is 5.78. The number of ether oxygens (including phenoxy) is 1. The lowest BCUT2D eigenvalue weighted by Gasteiger charge is -2.16. The normalized spacial score (nSPS) is 17.4. The van der Waals surface area contributed by atoms with Crippen LogP contribution in [-0.2, 0) is 20.5 Å². The van der Waals surface area contributed by atoms with Crippen LogP contribution in [0.1, 0.15) is 24.8 Å². The fourth-order valence-electron chi connectivity index (χ4n) is 2.25. The van der Waals surface area contributed by atoms with Crippen molar-refractivity contribution in [1.82, 2.24) is 0 Å². The van der Waals surface area contributed by atoms with Crippen molar-refractivity contribution in [2.75, 3.05) is 11.9 Å². The van der Waals surface area contributed by atoms with E-state index in [4.69, 9.17) is 16.3 Å². The zero-order valence-electron chi connectivity index (χ0n) is 12.5. The Morgan fingerprint density at radius 2 is 2.04 bits per heavy atom. The van der Waals surface area contributed by atoms with Gasteiger partial charge in [-0.3, -0.25) is 9.59 Å². The van der Waals surface area contributed by atoms with Gasteiger partial charge in [0.2, 0.25) is 0 Å². The summed E-state index contributed by atoms with van der Waals surface area (Å²) in [6.45, 7) is -0.578. The first-order valence-electron chi connectivity index (χ1n) is 7.25. The molecule has 0 heterocycles. The fourth-order valence-corrected chi connectivity index (χ4v) is 2.41. The van der Waals surface area contributed by atoms with Crippen LogP contribution >= 0.6 is 11.6 Å². The number of carbonyl (C=O) groups excluding carboxylic acids is 2. The van der Waals surface area contributed by atoms with E-state index in [2.05, 4.69) is 5.32 Å². The number of hydrogen-bond donors (Lipinski definition) is 1. The van der Waals surface area contributed by atoms with Gasteiger partial charge in [0.1, 0.15) is 0 Å². The van der Waals surface area contributed by atoms with Crippen LogP contribution in [0, 0.1) is 5.92 Å².